The fourth-order valence-electron chi connectivity index (χ4n) is 3.07. The van der Waals surface area contributed by atoms with Crippen LogP contribution in [-0.2, 0) is 7.05 Å². The molecule has 5 nitrogen and oxygen atoms in total. The van der Waals surface area contributed by atoms with Gasteiger partial charge in [-0.2, -0.15) is 5.10 Å². The van der Waals surface area contributed by atoms with E-state index in [1.807, 2.05) is 24.4 Å². The van der Waals surface area contributed by atoms with Crippen LogP contribution >= 0.6 is 11.3 Å². The molecule has 0 fully saturated rings. The molecule has 3 heterocycles. The van der Waals surface area contributed by atoms with Gasteiger partial charge >= 0.3 is 0 Å². The van der Waals surface area contributed by atoms with E-state index in [0.29, 0.717) is 12.1 Å². The van der Waals surface area contributed by atoms with Crippen molar-refractivity contribution >= 4 is 28.1 Å². The Morgan fingerprint density at radius 1 is 1.32 bits per heavy atom. The standard InChI is InChI=1S/C19H18N4OS/c1-23-12-13(9-22-23)19(24)21-11-16(18-7-4-8-25-18)15-10-20-17-6-3-2-5-14(15)17/h2-10,12,16,20H,11H2,1H3,(H,21,24). The number of nitrogens with zero attached hydrogens (tertiary/aromatic N) is 2. The largest absolute Gasteiger partial charge is 0.361 e. The van der Waals surface area contributed by atoms with Gasteiger partial charge in [0, 0.05) is 47.7 Å². The van der Waals surface area contributed by atoms with E-state index < -0.39 is 0 Å². The highest BCUT2D eigenvalue weighted by atomic mass is 32.1. The van der Waals surface area contributed by atoms with Crippen molar-refractivity contribution in [3.63, 3.8) is 0 Å². The molecule has 0 aliphatic rings. The predicted octanol–water partition coefficient (Wildman–Crippen LogP) is 3.52. The van der Waals surface area contributed by atoms with Crippen LogP contribution in [0.3, 0.4) is 0 Å². The minimum absolute atomic E-state index is 0.102. The van der Waals surface area contributed by atoms with Gasteiger partial charge in [0.15, 0.2) is 0 Å². The maximum atomic E-state index is 12.4. The molecule has 0 saturated heterocycles. The van der Waals surface area contributed by atoms with E-state index in [0.717, 1.165) is 5.52 Å². The fraction of sp³-hybridized carbons (Fsp3) is 0.158. The number of fused-ring (bicyclic) bond motifs is 1. The summed E-state index contributed by atoms with van der Waals surface area (Å²) in [7, 11) is 1.80. The molecule has 4 rings (SSSR count). The van der Waals surface area contributed by atoms with E-state index in [1.165, 1.54) is 15.8 Å². The molecule has 0 spiro atoms. The Morgan fingerprint density at radius 2 is 2.20 bits per heavy atom. The summed E-state index contributed by atoms with van der Waals surface area (Å²) in [4.78, 5) is 17.0. The Bertz CT molecular complexity index is 999. The molecule has 0 aliphatic heterocycles. The number of aryl methyl sites for hydroxylation is 1. The zero-order valence-electron chi connectivity index (χ0n) is 13.8. The third-order valence-electron chi connectivity index (χ3n) is 4.32. The monoisotopic (exact) mass is 350 g/mol. The Hall–Kier alpha value is -2.86. The summed E-state index contributed by atoms with van der Waals surface area (Å²) in [6.45, 7) is 0.538. The molecule has 0 radical (unpaired) electrons. The van der Waals surface area contributed by atoms with Crippen LogP contribution in [0.2, 0.25) is 0 Å². The third-order valence-corrected chi connectivity index (χ3v) is 5.30. The van der Waals surface area contributed by atoms with Gasteiger partial charge in [-0.05, 0) is 23.1 Å². The smallest absolute Gasteiger partial charge is 0.254 e. The van der Waals surface area contributed by atoms with Crippen LogP contribution in [0.25, 0.3) is 10.9 Å². The lowest BCUT2D eigenvalue weighted by Crippen LogP contribution is -2.28. The number of nitrogens with one attached hydrogen (secondary N) is 2. The molecule has 1 aromatic carbocycles. The number of para-hydroxylation sites is 1. The van der Waals surface area contributed by atoms with Crippen LogP contribution in [0.15, 0.2) is 60.4 Å². The number of carbonyl (C=O) groups is 1. The average molecular weight is 350 g/mol. The molecule has 0 aliphatic carbocycles. The lowest BCUT2D eigenvalue weighted by atomic mass is 9.96. The highest BCUT2D eigenvalue weighted by Crippen LogP contribution is 2.32. The molecule has 126 valence electrons. The summed E-state index contributed by atoms with van der Waals surface area (Å²) in [5.41, 5.74) is 2.88. The number of hydrogen-bond donors (Lipinski definition) is 2. The first-order valence-corrected chi connectivity index (χ1v) is 8.96. The van der Waals surface area contributed by atoms with Crippen molar-refractivity contribution in [2.24, 2.45) is 7.05 Å². The Morgan fingerprint density at radius 3 is 2.96 bits per heavy atom. The number of benzene rings is 1. The molecule has 1 atom stereocenters. The van der Waals surface area contributed by atoms with E-state index in [2.05, 4.69) is 39.0 Å². The predicted molar refractivity (Wildman–Crippen MR) is 100 cm³/mol. The van der Waals surface area contributed by atoms with Gasteiger partial charge in [0.25, 0.3) is 5.91 Å². The Labute approximate surface area is 149 Å². The molecular formula is C19H18N4OS. The molecule has 1 amide bonds. The minimum atomic E-state index is -0.102. The third kappa shape index (κ3) is 3.08. The topological polar surface area (TPSA) is 62.7 Å². The van der Waals surface area contributed by atoms with Gasteiger partial charge < -0.3 is 10.3 Å². The minimum Gasteiger partial charge on any atom is -0.361 e. The van der Waals surface area contributed by atoms with Gasteiger partial charge in [0.05, 0.1) is 11.8 Å². The summed E-state index contributed by atoms with van der Waals surface area (Å²) in [5, 5.41) is 10.4. The first kappa shape index (κ1) is 15.7. The number of aromatic amines is 1. The first-order valence-electron chi connectivity index (χ1n) is 8.08. The van der Waals surface area contributed by atoms with Crippen molar-refractivity contribution < 1.29 is 4.79 Å². The maximum Gasteiger partial charge on any atom is 0.254 e. The quantitative estimate of drug-likeness (QED) is 0.578. The second-order valence-corrected chi connectivity index (χ2v) is 6.95. The number of carbonyl (C=O) groups excluding carboxylic acids is 1. The van der Waals surface area contributed by atoms with Crippen LogP contribution < -0.4 is 5.32 Å². The van der Waals surface area contributed by atoms with E-state index in [1.54, 1.807) is 35.5 Å². The number of H-pyrrole nitrogens is 1. The molecule has 2 N–H and O–H groups in total. The highest BCUT2D eigenvalue weighted by molar-refractivity contribution is 7.10. The normalized spacial score (nSPS) is 12.4. The number of aromatic nitrogens is 3. The molecule has 4 aromatic rings. The maximum absolute atomic E-state index is 12.4. The molecule has 0 bridgehead atoms. The molecule has 25 heavy (non-hydrogen) atoms. The van der Waals surface area contributed by atoms with Gasteiger partial charge in [-0.1, -0.05) is 24.3 Å². The summed E-state index contributed by atoms with van der Waals surface area (Å²) in [6.07, 6.45) is 5.35. The summed E-state index contributed by atoms with van der Waals surface area (Å²) in [5.74, 6) is 0.00580. The van der Waals surface area contributed by atoms with Crippen LogP contribution in [0.5, 0.6) is 0 Å². The average Bonchev–Trinajstić information content (AvgIpc) is 3.36. The summed E-state index contributed by atoms with van der Waals surface area (Å²) < 4.78 is 1.63. The van der Waals surface area contributed by atoms with E-state index in [4.69, 9.17) is 0 Å². The van der Waals surface area contributed by atoms with E-state index >= 15 is 0 Å². The van der Waals surface area contributed by atoms with Crippen molar-refractivity contribution in [3.8, 4) is 0 Å². The van der Waals surface area contributed by atoms with E-state index in [9.17, 15) is 4.79 Å². The highest BCUT2D eigenvalue weighted by Gasteiger charge is 2.20. The van der Waals surface area contributed by atoms with Gasteiger partial charge in [-0.3, -0.25) is 9.48 Å². The van der Waals surface area contributed by atoms with Crippen molar-refractivity contribution in [3.05, 3.63) is 76.4 Å². The number of rotatable bonds is 5. The lowest BCUT2D eigenvalue weighted by molar-refractivity contribution is 0.0952. The lowest BCUT2D eigenvalue weighted by Gasteiger charge is -2.16. The van der Waals surface area contributed by atoms with Crippen LogP contribution in [0.1, 0.15) is 26.7 Å². The summed E-state index contributed by atoms with van der Waals surface area (Å²) >= 11 is 1.71. The first-order chi connectivity index (χ1) is 12.2. The number of hydrogen-bond acceptors (Lipinski definition) is 3. The second kappa shape index (κ2) is 6.57. The van der Waals surface area contributed by atoms with Crippen molar-refractivity contribution in [2.45, 2.75) is 5.92 Å². The molecule has 1 unspecified atom stereocenters. The second-order valence-electron chi connectivity index (χ2n) is 5.97. The Kier molecular flexibility index (Phi) is 4.11. The number of thiophene rings is 1. The van der Waals surface area contributed by atoms with Gasteiger partial charge in [-0.25, -0.2) is 0 Å². The zero-order chi connectivity index (χ0) is 17.2. The molecular weight excluding hydrogens is 332 g/mol. The van der Waals surface area contributed by atoms with Crippen molar-refractivity contribution in [1.29, 1.82) is 0 Å². The molecule has 0 saturated carbocycles. The Balaban J connectivity index is 1.62. The van der Waals surface area contributed by atoms with Crippen LogP contribution in [0, 0.1) is 0 Å². The van der Waals surface area contributed by atoms with Crippen LogP contribution in [0.4, 0.5) is 0 Å². The van der Waals surface area contributed by atoms with Crippen molar-refractivity contribution in [2.75, 3.05) is 6.54 Å². The van der Waals surface area contributed by atoms with Gasteiger partial charge in [0.2, 0.25) is 0 Å². The van der Waals surface area contributed by atoms with Gasteiger partial charge in [-0.15, -0.1) is 11.3 Å². The van der Waals surface area contributed by atoms with E-state index in [-0.39, 0.29) is 11.8 Å². The van der Waals surface area contributed by atoms with Crippen molar-refractivity contribution in [1.82, 2.24) is 20.1 Å². The number of amides is 1. The summed E-state index contributed by atoms with van der Waals surface area (Å²) in [6, 6.07) is 12.4. The SMILES string of the molecule is Cn1cc(C(=O)NCC(c2cccs2)c2c[nH]c3ccccc23)cn1. The van der Waals surface area contributed by atoms with Gasteiger partial charge in [0.1, 0.15) is 0 Å². The van der Waals surface area contributed by atoms with Crippen LogP contribution in [-0.4, -0.2) is 27.2 Å². The molecule has 3 aromatic heterocycles. The molecule has 6 heteroatoms. The fourth-order valence-corrected chi connectivity index (χ4v) is 3.92. The zero-order valence-corrected chi connectivity index (χ0v) is 14.6.